The Balaban J connectivity index is 2.67. The Morgan fingerprint density at radius 2 is 2.00 bits per heavy atom. The van der Waals surface area contributed by atoms with Crippen LogP contribution in [0, 0.1) is 0 Å². The molecule has 0 bridgehead atoms. The molecule has 1 aliphatic heterocycles. The van der Waals surface area contributed by atoms with Crippen molar-refractivity contribution in [2.24, 2.45) is 0 Å². The number of amides is 1. The zero-order valence-corrected chi connectivity index (χ0v) is 10.0. The van der Waals surface area contributed by atoms with Gasteiger partial charge < -0.3 is 19.7 Å². The Kier molecular flexibility index (Phi) is 3.77. The maximum absolute atomic E-state index is 11.7. The average molecular weight is 233 g/mol. The van der Waals surface area contributed by atoms with Gasteiger partial charge in [-0.3, -0.25) is 4.90 Å². The highest BCUT2D eigenvalue weighted by atomic mass is 16.6. The average Bonchev–Trinajstić information content (AvgIpc) is 2.12. The van der Waals surface area contributed by atoms with E-state index < -0.39 is 30.1 Å². The summed E-state index contributed by atoms with van der Waals surface area (Å²) in [6.07, 6.45) is -2.21. The molecule has 0 aromatic carbocycles. The van der Waals surface area contributed by atoms with Gasteiger partial charge in [-0.1, -0.05) is 0 Å². The lowest BCUT2D eigenvalue weighted by Crippen LogP contribution is -2.71. The van der Waals surface area contributed by atoms with E-state index >= 15 is 0 Å². The van der Waals surface area contributed by atoms with E-state index in [1.54, 1.807) is 20.8 Å². The van der Waals surface area contributed by atoms with Gasteiger partial charge in [0.05, 0.1) is 12.6 Å². The van der Waals surface area contributed by atoms with Crippen LogP contribution < -0.4 is 0 Å². The highest BCUT2D eigenvalue weighted by Gasteiger charge is 2.51. The molecule has 0 spiro atoms. The van der Waals surface area contributed by atoms with Gasteiger partial charge in [-0.2, -0.15) is 0 Å². The number of aliphatic hydroxyl groups is 2. The number of carbonyl (C=O) groups excluding carboxylic acids is 1. The molecule has 1 fully saturated rings. The fourth-order valence-electron chi connectivity index (χ4n) is 1.61. The zero-order chi connectivity index (χ0) is 12.5. The van der Waals surface area contributed by atoms with E-state index in [2.05, 4.69) is 0 Å². The Hall–Kier alpha value is -0.850. The van der Waals surface area contributed by atoms with Crippen LogP contribution in [0.15, 0.2) is 0 Å². The second-order valence-corrected chi connectivity index (χ2v) is 4.75. The summed E-state index contributed by atoms with van der Waals surface area (Å²) in [4.78, 5) is 12.9. The molecule has 0 aromatic heterocycles. The van der Waals surface area contributed by atoms with E-state index in [4.69, 9.17) is 14.6 Å². The quantitative estimate of drug-likeness (QED) is 0.698. The molecule has 0 aliphatic carbocycles. The lowest BCUT2D eigenvalue weighted by atomic mass is 9.98. The number of likely N-dealkylation sites (tertiary alicyclic amines) is 1. The molecular formula is C10H19NO5. The van der Waals surface area contributed by atoms with E-state index in [1.807, 2.05) is 0 Å². The Morgan fingerprint density at radius 3 is 2.38 bits per heavy atom. The van der Waals surface area contributed by atoms with Gasteiger partial charge in [0.15, 0.2) is 6.23 Å². The summed E-state index contributed by atoms with van der Waals surface area (Å²) in [6.45, 7) is 4.92. The summed E-state index contributed by atoms with van der Waals surface area (Å²) < 4.78 is 10.1. The lowest BCUT2D eigenvalue weighted by Gasteiger charge is -2.50. The van der Waals surface area contributed by atoms with Crippen molar-refractivity contribution in [2.45, 2.75) is 44.7 Å². The summed E-state index contributed by atoms with van der Waals surface area (Å²) in [5, 5.41) is 18.6. The summed E-state index contributed by atoms with van der Waals surface area (Å²) in [5.74, 6) is 0. The standard InChI is InChI=1S/C10H19NO5/c1-10(2,3)16-9(14)11-6(5-12)7(13)8(11)15-4/h6-8,12-13H,5H2,1-4H3. The van der Waals surface area contributed by atoms with Crippen LogP contribution in [0.1, 0.15) is 20.8 Å². The minimum absolute atomic E-state index is 0.319. The first-order valence-electron chi connectivity index (χ1n) is 5.15. The molecule has 6 nitrogen and oxygen atoms in total. The van der Waals surface area contributed by atoms with Crippen LogP contribution in [0.3, 0.4) is 0 Å². The molecule has 1 saturated heterocycles. The Bertz CT molecular complexity index is 250. The summed E-state index contributed by atoms with van der Waals surface area (Å²) in [5.41, 5.74) is -0.615. The molecule has 1 aliphatic rings. The Labute approximate surface area is 94.8 Å². The molecule has 0 saturated carbocycles. The molecular weight excluding hydrogens is 214 g/mol. The van der Waals surface area contributed by atoms with Crippen molar-refractivity contribution in [3.8, 4) is 0 Å². The van der Waals surface area contributed by atoms with Gasteiger partial charge in [-0.15, -0.1) is 0 Å². The summed E-state index contributed by atoms with van der Waals surface area (Å²) >= 11 is 0. The van der Waals surface area contributed by atoms with Crippen molar-refractivity contribution in [1.82, 2.24) is 4.90 Å². The van der Waals surface area contributed by atoms with E-state index in [9.17, 15) is 9.90 Å². The zero-order valence-electron chi connectivity index (χ0n) is 10.0. The molecule has 6 heteroatoms. The van der Waals surface area contributed by atoms with Gasteiger partial charge in [0.25, 0.3) is 0 Å². The van der Waals surface area contributed by atoms with Crippen LogP contribution in [0.4, 0.5) is 4.79 Å². The first kappa shape index (κ1) is 13.2. The highest BCUT2D eigenvalue weighted by molar-refractivity contribution is 5.70. The number of aliphatic hydroxyl groups excluding tert-OH is 2. The molecule has 0 radical (unpaired) electrons. The Morgan fingerprint density at radius 1 is 1.44 bits per heavy atom. The van der Waals surface area contributed by atoms with Gasteiger partial charge in [0, 0.05) is 7.11 Å². The maximum Gasteiger partial charge on any atom is 0.412 e. The molecule has 16 heavy (non-hydrogen) atoms. The molecule has 0 aromatic rings. The van der Waals surface area contributed by atoms with Crippen molar-refractivity contribution < 1.29 is 24.5 Å². The summed E-state index contributed by atoms with van der Waals surface area (Å²) in [7, 11) is 1.39. The highest BCUT2D eigenvalue weighted by Crippen LogP contribution is 2.28. The number of rotatable bonds is 2. The third-order valence-corrected chi connectivity index (χ3v) is 2.35. The minimum atomic E-state index is -0.873. The van der Waals surface area contributed by atoms with Crippen molar-refractivity contribution in [3.63, 3.8) is 0 Å². The van der Waals surface area contributed by atoms with Crippen LogP contribution in [-0.4, -0.2) is 58.9 Å². The van der Waals surface area contributed by atoms with E-state index in [0.29, 0.717) is 0 Å². The molecule has 1 rings (SSSR count). The van der Waals surface area contributed by atoms with Gasteiger partial charge in [-0.25, -0.2) is 4.79 Å². The predicted molar refractivity (Wildman–Crippen MR) is 55.8 cm³/mol. The number of hydrogen-bond donors (Lipinski definition) is 2. The second kappa shape index (κ2) is 4.57. The number of nitrogens with zero attached hydrogens (tertiary/aromatic N) is 1. The third kappa shape index (κ3) is 2.45. The van der Waals surface area contributed by atoms with Crippen LogP contribution >= 0.6 is 0 Å². The largest absolute Gasteiger partial charge is 0.444 e. The van der Waals surface area contributed by atoms with Crippen molar-refractivity contribution >= 4 is 6.09 Å². The molecule has 2 N–H and O–H groups in total. The monoisotopic (exact) mass is 233 g/mol. The van der Waals surface area contributed by atoms with E-state index in [0.717, 1.165) is 0 Å². The van der Waals surface area contributed by atoms with Gasteiger partial charge in [-0.05, 0) is 20.8 Å². The van der Waals surface area contributed by atoms with Gasteiger partial charge in [0.1, 0.15) is 11.7 Å². The van der Waals surface area contributed by atoms with E-state index in [-0.39, 0.29) is 6.61 Å². The van der Waals surface area contributed by atoms with Crippen LogP contribution in [0.2, 0.25) is 0 Å². The van der Waals surface area contributed by atoms with Crippen LogP contribution in [-0.2, 0) is 9.47 Å². The molecule has 3 atom stereocenters. The maximum atomic E-state index is 11.7. The van der Waals surface area contributed by atoms with Crippen molar-refractivity contribution in [1.29, 1.82) is 0 Å². The number of hydrogen-bond acceptors (Lipinski definition) is 5. The van der Waals surface area contributed by atoms with E-state index in [1.165, 1.54) is 12.0 Å². The summed E-state index contributed by atoms with van der Waals surface area (Å²) in [6, 6.07) is -0.653. The van der Waals surface area contributed by atoms with Gasteiger partial charge in [0.2, 0.25) is 0 Å². The van der Waals surface area contributed by atoms with Crippen molar-refractivity contribution in [3.05, 3.63) is 0 Å². The third-order valence-electron chi connectivity index (χ3n) is 2.35. The van der Waals surface area contributed by atoms with Crippen molar-refractivity contribution in [2.75, 3.05) is 13.7 Å². The first-order valence-corrected chi connectivity index (χ1v) is 5.15. The second-order valence-electron chi connectivity index (χ2n) is 4.75. The number of methoxy groups -OCH3 is 1. The topological polar surface area (TPSA) is 79.2 Å². The fourth-order valence-corrected chi connectivity index (χ4v) is 1.61. The molecule has 1 amide bonds. The van der Waals surface area contributed by atoms with Gasteiger partial charge >= 0.3 is 6.09 Å². The fraction of sp³-hybridized carbons (Fsp3) is 0.900. The normalized spacial score (nSPS) is 29.9. The SMILES string of the molecule is COC1C(O)C(CO)N1C(=O)OC(C)(C)C. The smallest absolute Gasteiger partial charge is 0.412 e. The number of carbonyl (C=O) groups is 1. The molecule has 94 valence electrons. The molecule has 3 unspecified atom stereocenters. The minimum Gasteiger partial charge on any atom is -0.444 e. The van der Waals surface area contributed by atoms with Crippen LogP contribution in [0.5, 0.6) is 0 Å². The first-order chi connectivity index (χ1) is 7.31. The molecule has 1 heterocycles. The predicted octanol–water partition coefficient (Wildman–Crippen LogP) is -0.0686. The lowest BCUT2D eigenvalue weighted by molar-refractivity contribution is -0.219. The number of ether oxygens (including phenoxy) is 2. The van der Waals surface area contributed by atoms with Crippen LogP contribution in [0.25, 0.3) is 0 Å².